The second-order valence-electron chi connectivity index (χ2n) is 4.61. The zero-order valence-electron chi connectivity index (χ0n) is 12.0. The van der Waals surface area contributed by atoms with Gasteiger partial charge < -0.3 is 15.4 Å². The smallest absolute Gasteiger partial charge is 0.401 e. The Bertz CT molecular complexity index is 476. The molecular formula is C14H19F3N2O2. The number of alkyl halides is 3. The van der Waals surface area contributed by atoms with Gasteiger partial charge in [0, 0.05) is 0 Å². The average Bonchev–Trinajstić information content (AvgIpc) is 2.37. The highest BCUT2D eigenvalue weighted by Crippen LogP contribution is 2.25. The maximum absolute atomic E-state index is 12.0. The number of rotatable bonds is 7. The van der Waals surface area contributed by atoms with E-state index >= 15 is 0 Å². The minimum atomic E-state index is -4.33. The van der Waals surface area contributed by atoms with Gasteiger partial charge in [0.05, 0.1) is 25.4 Å². The molecule has 7 heteroatoms. The molecule has 0 heterocycles. The third-order valence-electron chi connectivity index (χ3n) is 2.48. The lowest BCUT2D eigenvalue weighted by molar-refractivity contribution is -0.126. The zero-order chi connectivity index (χ0) is 15.9. The molecule has 0 atom stereocenters. The van der Waals surface area contributed by atoms with Crippen LogP contribution in [0.15, 0.2) is 18.2 Å². The van der Waals surface area contributed by atoms with Crippen molar-refractivity contribution in [2.24, 2.45) is 0 Å². The van der Waals surface area contributed by atoms with E-state index in [1.165, 1.54) is 0 Å². The van der Waals surface area contributed by atoms with Crippen LogP contribution in [0.25, 0.3) is 0 Å². The number of carbonyl (C=O) groups is 1. The maximum Gasteiger partial charge on any atom is 0.401 e. The summed E-state index contributed by atoms with van der Waals surface area (Å²) in [7, 11) is 0. The molecule has 1 amide bonds. The van der Waals surface area contributed by atoms with Crippen molar-refractivity contribution in [2.45, 2.75) is 26.4 Å². The van der Waals surface area contributed by atoms with Crippen molar-refractivity contribution >= 4 is 11.6 Å². The number of ether oxygens (including phenoxy) is 1. The van der Waals surface area contributed by atoms with Crippen molar-refractivity contribution in [1.82, 2.24) is 5.32 Å². The number of amides is 1. The SMILES string of the molecule is CCCOc1cc(C)ccc1NC(=O)CNCC(F)(F)F. The highest BCUT2D eigenvalue weighted by Gasteiger charge is 2.26. The molecule has 0 unspecified atom stereocenters. The molecular weight excluding hydrogens is 285 g/mol. The van der Waals surface area contributed by atoms with Crippen LogP contribution >= 0.6 is 0 Å². The van der Waals surface area contributed by atoms with Crippen molar-refractivity contribution in [1.29, 1.82) is 0 Å². The molecule has 0 fully saturated rings. The summed E-state index contributed by atoms with van der Waals surface area (Å²) in [6.07, 6.45) is -3.52. The van der Waals surface area contributed by atoms with E-state index in [2.05, 4.69) is 5.32 Å². The standard InChI is InChI=1S/C14H19F3N2O2/c1-3-6-21-12-7-10(2)4-5-11(12)19-13(20)8-18-9-14(15,16)17/h4-5,7,18H,3,6,8-9H2,1-2H3,(H,19,20). The second-order valence-corrected chi connectivity index (χ2v) is 4.61. The van der Waals surface area contributed by atoms with E-state index in [-0.39, 0.29) is 0 Å². The Morgan fingerprint density at radius 2 is 2.05 bits per heavy atom. The van der Waals surface area contributed by atoms with Crippen LogP contribution in [0.1, 0.15) is 18.9 Å². The first-order valence-corrected chi connectivity index (χ1v) is 6.62. The molecule has 0 aliphatic carbocycles. The van der Waals surface area contributed by atoms with Crippen LogP contribution in [0.3, 0.4) is 0 Å². The second kappa shape index (κ2) is 7.87. The number of hydrogen-bond donors (Lipinski definition) is 2. The van der Waals surface area contributed by atoms with Gasteiger partial charge in [-0.2, -0.15) is 13.2 Å². The normalized spacial score (nSPS) is 11.3. The number of carbonyl (C=O) groups excluding carboxylic acids is 1. The summed E-state index contributed by atoms with van der Waals surface area (Å²) in [5.74, 6) is -0.0366. The van der Waals surface area contributed by atoms with Crippen molar-refractivity contribution in [3.63, 3.8) is 0 Å². The first-order chi connectivity index (χ1) is 9.81. The summed E-state index contributed by atoms with van der Waals surface area (Å²) >= 11 is 0. The van der Waals surface area contributed by atoms with Crippen molar-refractivity contribution < 1.29 is 22.7 Å². The van der Waals surface area contributed by atoms with Crippen LogP contribution in [0.2, 0.25) is 0 Å². The van der Waals surface area contributed by atoms with E-state index < -0.39 is 25.2 Å². The minimum absolute atomic E-state index is 0.416. The predicted molar refractivity (Wildman–Crippen MR) is 74.5 cm³/mol. The van der Waals surface area contributed by atoms with Gasteiger partial charge in [0.25, 0.3) is 0 Å². The minimum Gasteiger partial charge on any atom is -0.491 e. The largest absolute Gasteiger partial charge is 0.491 e. The zero-order valence-corrected chi connectivity index (χ0v) is 12.0. The van der Waals surface area contributed by atoms with Gasteiger partial charge in [-0.05, 0) is 31.0 Å². The van der Waals surface area contributed by atoms with Gasteiger partial charge in [-0.1, -0.05) is 13.0 Å². The quantitative estimate of drug-likeness (QED) is 0.814. The fourth-order valence-corrected chi connectivity index (χ4v) is 1.58. The molecule has 1 aromatic rings. The Hall–Kier alpha value is -1.76. The molecule has 0 saturated carbocycles. The Labute approximate surface area is 121 Å². The Kier molecular flexibility index (Phi) is 6.48. The Balaban J connectivity index is 2.58. The Morgan fingerprint density at radius 3 is 2.67 bits per heavy atom. The van der Waals surface area contributed by atoms with Crippen molar-refractivity contribution in [2.75, 3.05) is 25.0 Å². The molecule has 4 nitrogen and oxygen atoms in total. The van der Waals surface area contributed by atoms with Gasteiger partial charge in [0.2, 0.25) is 5.91 Å². The molecule has 0 saturated heterocycles. The summed E-state index contributed by atoms with van der Waals surface area (Å²) in [5, 5.41) is 4.58. The van der Waals surface area contributed by atoms with Crippen LogP contribution in [0, 0.1) is 6.92 Å². The van der Waals surface area contributed by atoms with Crippen LogP contribution in [-0.4, -0.2) is 31.8 Å². The van der Waals surface area contributed by atoms with E-state index in [0.29, 0.717) is 18.0 Å². The van der Waals surface area contributed by atoms with Gasteiger partial charge in [0.1, 0.15) is 5.75 Å². The van der Waals surface area contributed by atoms with Gasteiger partial charge >= 0.3 is 6.18 Å². The third kappa shape index (κ3) is 6.99. The van der Waals surface area contributed by atoms with Crippen molar-refractivity contribution in [3.05, 3.63) is 23.8 Å². The first-order valence-electron chi connectivity index (χ1n) is 6.62. The summed E-state index contributed by atoms with van der Waals surface area (Å²) in [4.78, 5) is 11.6. The van der Waals surface area contributed by atoms with Gasteiger partial charge in [-0.3, -0.25) is 4.79 Å². The molecule has 0 radical (unpaired) electrons. The molecule has 21 heavy (non-hydrogen) atoms. The molecule has 1 aromatic carbocycles. The van der Waals surface area contributed by atoms with Crippen LogP contribution in [0.5, 0.6) is 5.75 Å². The molecule has 0 spiro atoms. The summed E-state index contributed by atoms with van der Waals surface area (Å²) in [6, 6.07) is 5.23. The predicted octanol–water partition coefficient (Wildman–Crippen LogP) is 2.87. The molecule has 1 rings (SSSR count). The lowest BCUT2D eigenvalue weighted by Crippen LogP contribution is -2.35. The van der Waals surface area contributed by atoms with Crippen LogP contribution < -0.4 is 15.4 Å². The van der Waals surface area contributed by atoms with Gasteiger partial charge in [-0.25, -0.2) is 0 Å². The number of aryl methyl sites for hydroxylation is 1. The van der Waals surface area contributed by atoms with Crippen LogP contribution in [-0.2, 0) is 4.79 Å². The molecule has 2 N–H and O–H groups in total. The first kappa shape index (κ1) is 17.3. The molecule has 0 aliphatic rings. The number of anilines is 1. The Morgan fingerprint density at radius 1 is 1.33 bits per heavy atom. The van der Waals surface area contributed by atoms with E-state index in [0.717, 1.165) is 12.0 Å². The fraction of sp³-hybridized carbons (Fsp3) is 0.500. The fourth-order valence-electron chi connectivity index (χ4n) is 1.58. The molecule has 0 bridgehead atoms. The monoisotopic (exact) mass is 304 g/mol. The number of nitrogens with one attached hydrogen (secondary N) is 2. The lowest BCUT2D eigenvalue weighted by atomic mass is 10.2. The van der Waals surface area contributed by atoms with E-state index in [9.17, 15) is 18.0 Å². The summed E-state index contributed by atoms with van der Waals surface area (Å²) < 4.78 is 41.4. The molecule has 118 valence electrons. The van der Waals surface area contributed by atoms with Gasteiger partial charge in [0.15, 0.2) is 0 Å². The summed E-state index contributed by atoms with van der Waals surface area (Å²) in [5.41, 5.74) is 1.42. The van der Waals surface area contributed by atoms with E-state index in [4.69, 9.17) is 4.74 Å². The number of halogens is 3. The third-order valence-corrected chi connectivity index (χ3v) is 2.48. The lowest BCUT2D eigenvalue weighted by Gasteiger charge is -2.13. The van der Waals surface area contributed by atoms with Crippen LogP contribution in [0.4, 0.5) is 18.9 Å². The van der Waals surface area contributed by atoms with Crippen molar-refractivity contribution in [3.8, 4) is 5.75 Å². The number of hydrogen-bond acceptors (Lipinski definition) is 3. The van der Waals surface area contributed by atoms with Gasteiger partial charge in [-0.15, -0.1) is 0 Å². The highest BCUT2D eigenvalue weighted by molar-refractivity contribution is 5.93. The van der Waals surface area contributed by atoms with E-state index in [1.807, 2.05) is 19.2 Å². The maximum atomic E-state index is 12.0. The molecule has 0 aliphatic heterocycles. The average molecular weight is 304 g/mol. The van der Waals surface area contributed by atoms with E-state index in [1.54, 1.807) is 18.2 Å². The summed E-state index contributed by atoms with van der Waals surface area (Å²) in [6.45, 7) is 2.72. The number of benzene rings is 1. The topological polar surface area (TPSA) is 50.4 Å². The molecule has 0 aromatic heterocycles. The highest BCUT2D eigenvalue weighted by atomic mass is 19.4.